The van der Waals surface area contributed by atoms with E-state index in [2.05, 4.69) is 47.7 Å². The molecule has 0 spiro atoms. The Labute approximate surface area is 342 Å². The molecule has 0 bridgehead atoms. The first-order valence-corrected chi connectivity index (χ1v) is 19.9. The van der Waals surface area contributed by atoms with Crippen LogP contribution in [0.5, 0.6) is 5.75 Å². The zero-order valence-electron chi connectivity index (χ0n) is 33.4. The van der Waals surface area contributed by atoms with Crippen LogP contribution in [0.3, 0.4) is 0 Å². The molecule has 5 N–H and O–H groups in total. The van der Waals surface area contributed by atoms with E-state index in [0.29, 0.717) is 30.3 Å². The molecule has 2 aliphatic heterocycles. The van der Waals surface area contributed by atoms with Crippen molar-refractivity contribution in [2.24, 2.45) is 0 Å². The standard InChI is InChI=1S/C41H43N9O7.C2H6/c1-3-19-42-37(53)30-23-43-41(48-36(30)46-33-17-8-24-7-16-32(51)35(24)45-33)44-25-9-11-26(12-10-25)49(2)20-5-4-6-21-57-27-13-14-28-29(22-27)40(56)50(39(28)55)31-15-18-34(52)47-38(31)54;1-2/h3,8-14,17,22-23,31-32,51H,1,4-7,15-16,18-21H2,2H3,(H,42,53)(H,47,52,54)(H2,43,44,45,46,48);1-2H3. The van der Waals surface area contributed by atoms with E-state index in [0.717, 1.165) is 54.1 Å². The molecule has 5 amide bonds. The molecule has 4 heterocycles. The molecule has 59 heavy (non-hydrogen) atoms. The van der Waals surface area contributed by atoms with Crippen molar-refractivity contribution in [2.45, 2.75) is 70.9 Å². The van der Waals surface area contributed by atoms with Crippen LogP contribution in [0.25, 0.3) is 0 Å². The number of aromatic nitrogens is 3. The van der Waals surface area contributed by atoms with Crippen molar-refractivity contribution >= 4 is 58.5 Å². The number of nitrogens with one attached hydrogen (secondary N) is 4. The van der Waals surface area contributed by atoms with Crippen LogP contribution in [0, 0.1) is 0 Å². The Morgan fingerprint density at radius 3 is 2.51 bits per heavy atom. The number of aliphatic hydroxyl groups is 1. The molecule has 0 saturated carbocycles. The van der Waals surface area contributed by atoms with Gasteiger partial charge in [-0.2, -0.15) is 4.98 Å². The lowest BCUT2D eigenvalue weighted by atomic mass is 10.0. The molecule has 1 saturated heterocycles. The Hall–Kier alpha value is -6.68. The topological polar surface area (TPSA) is 208 Å². The fourth-order valence-corrected chi connectivity index (χ4v) is 7.00. The summed E-state index contributed by atoms with van der Waals surface area (Å²) in [4.78, 5) is 79.4. The van der Waals surface area contributed by atoms with Crippen LogP contribution in [0.2, 0.25) is 0 Å². The number of anilines is 5. The zero-order valence-corrected chi connectivity index (χ0v) is 33.4. The summed E-state index contributed by atoms with van der Waals surface area (Å²) in [7, 11) is 2.02. The highest BCUT2D eigenvalue weighted by atomic mass is 16.5. The molecule has 1 aliphatic carbocycles. The number of amides is 5. The fraction of sp³-hybridized carbons (Fsp3) is 0.349. The van der Waals surface area contributed by atoms with Gasteiger partial charge in [0.2, 0.25) is 17.8 Å². The minimum atomic E-state index is -1.01. The molecule has 1 fully saturated rings. The van der Waals surface area contributed by atoms with Gasteiger partial charge in [-0.25, -0.2) is 9.97 Å². The van der Waals surface area contributed by atoms with Gasteiger partial charge < -0.3 is 30.7 Å². The number of carbonyl (C=O) groups excluding carboxylic acids is 5. The Bertz CT molecular complexity index is 2230. The molecule has 2 unspecified atom stereocenters. The van der Waals surface area contributed by atoms with Crippen LogP contribution < -0.4 is 30.9 Å². The van der Waals surface area contributed by atoms with Gasteiger partial charge in [0.25, 0.3) is 17.7 Å². The lowest BCUT2D eigenvalue weighted by Crippen LogP contribution is -2.54. The van der Waals surface area contributed by atoms with Crippen molar-refractivity contribution in [3.63, 3.8) is 0 Å². The minimum Gasteiger partial charge on any atom is -0.494 e. The van der Waals surface area contributed by atoms with Crippen molar-refractivity contribution in [1.29, 1.82) is 0 Å². The van der Waals surface area contributed by atoms with Gasteiger partial charge in [-0.1, -0.05) is 26.0 Å². The van der Waals surface area contributed by atoms with Crippen LogP contribution in [0.15, 0.2) is 73.4 Å². The number of aryl methyl sites for hydroxylation is 1. The normalized spacial score (nSPS) is 16.6. The number of hydrogen-bond donors (Lipinski definition) is 5. The monoisotopic (exact) mass is 803 g/mol. The zero-order chi connectivity index (χ0) is 42.1. The highest BCUT2D eigenvalue weighted by Gasteiger charge is 2.44. The molecule has 16 nitrogen and oxygen atoms in total. The minimum absolute atomic E-state index is 0.0633. The molecular formula is C43H49N9O7. The Morgan fingerprint density at radius 2 is 1.75 bits per heavy atom. The number of unbranched alkanes of at least 4 members (excludes halogenated alkanes) is 2. The summed E-state index contributed by atoms with van der Waals surface area (Å²) in [5.74, 6) is -1.10. The van der Waals surface area contributed by atoms with Crippen LogP contribution >= 0.6 is 0 Å². The number of hydrogen-bond acceptors (Lipinski definition) is 13. The summed E-state index contributed by atoms with van der Waals surface area (Å²) in [6.07, 6.45) is 6.53. The maximum absolute atomic E-state index is 13.1. The quantitative estimate of drug-likeness (QED) is 0.0550. The van der Waals surface area contributed by atoms with E-state index < -0.39 is 35.8 Å². The second-order valence-electron chi connectivity index (χ2n) is 14.0. The Morgan fingerprint density at radius 1 is 0.966 bits per heavy atom. The third-order valence-corrected chi connectivity index (χ3v) is 10.1. The highest BCUT2D eigenvalue weighted by molar-refractivity contribution is 6.23. The maximum Gasteiger partial charge on any atom is 0.262 e. The predicted molar refractivity (Wildman–Crippen MR) is 222 cm³/mol. The summed E-state index contributed by atoms with van der Waals surface area (Å²) in [5.41, 5.74) is 4.02. The van der Waals surface area contributed by atoms with Crippen molar-refractivity contribution in [1.82, 2.24) is 30.5 Å². The Balaban J connectivity index is 0.00000288. The summed E-state index contributed by atoms with van der Waals surface area (Å²) in [6, 6.07) is 15.2. The van der Waals surface area contributed by atoms with E-state index in [1.165, 1.54) is 18.3 Å². The summed E-state index contributed by atoms with van der Waals surface area (Å²) < 4.78 is 5.90. The van der Waals surface area contributed by atoms with Gasteiger partial charge in [-0.05, 0) is 92.6 Å². The van der Waals surface area contributed by atoms with Crippen LogP contribution in [0.4, 0.5) is 29.0 Å². The highest BCUT2D eigenvalue weighted by Crippen LogP contribution is 2.32. The van der Waals surface area contributed by atoms with Crippen molar-refractivity contribution in [3.05, 3.63) is 101 Å². The number of nitrogens with zero attached hydrogens (tertiary/aromatic N) is 5. The van der Waals surface area contributed by atoms with Gasteiger partial charge in [-0.3, -0.25) is 34.2 Å². The van der Waals surface area contributed by atoms with E-state index in [-0.39, 0.29) is 53.8 Å². The van der Waals surface area contributed by atoms with Crippen molar-refractivity contribution in [2.75, 3.05) is 42.3 Å². The number of fused-ring (bicyclic) bond motifs is 2. The molecule has 3 aliphatic rings. The lowest BCUT2D eigenvalue weighted by molar-refractivity contribution is -0.136. The Kier molecular flexibility index (Phi) is 13.6. The molecule has 2 aromatic heterocycles. The number of pyridine rings is 1. The largest absolute Gasteiger partial charge is 0.494 e. The second kappa shape index (κ2) is 19.2. The predicted octanol–water partition coefficient (Wildman–Crippen LogP) is 5.37. The number of carbonyl (C=O) groups is 5. The number of ether oxygens (including phenoxy) is 1. The number of benzene rings is 2. The third kappa shape index (κ3) is 9.72. The summed E-state index contributed by atoms with van der Waals surface area (Å²) >= 11 is 0. The fourth-order valence-electron chi connectivity index (χ4n) is 7.00. The van der Waals surface area contributed by atoms with Crippen LogP contribution in [-0.2, 0) is 16.0 Å². The van der Waals surface area contributed by atoms with Crippen LogP contribution in [-0.4, -0.2) is 87.3 Å². The first-order chi connectivity index (χ1) is 28.6. The van der Waals surface area contributed by atoms with Gasteiger partial charge in [0.15, 0.2) is 0 Å². The van der Waals surface area contributed by atoms with E-state index in [1.54, 1.807) is 18.2 Å². The maximum atomic E-state index is 13.1. The van der Waals surface area contributed by atoms with Gasteiger partial charge in [0, 0.05) is 44.1 Å². The van der Waals surface area contributed by atoms with E-state index >= 15 is 0 Å². The number of imide groups is 2. The molecule has 308 valence electrons. The molecule has 16 heteroatoms. The number of rotatable bonds is 16. The van der Waals surface area contributed by atoms with Gasteiger partial charge in [-0.15, -0.1) is 6.58 Å². The van der Waals surface area contributed by atoms with Crippen molar-refractivity contribution in [3.8, 4) is 5.75 Å². The third-order valence-electron chi connectivity index (χ3n) is 10.1. The molecule has 7 rings (SSSR count). The first kappa shape index (κ1) is 41.9. The first-order valence-electron chi connectivity index (χ1n) is 19.9. The van der Waals surface area contributed by atoms with Gasteiger partial charge >= 0.3 is 0 Å². The summed E-state index contributed by atoms with van der Waals surface area (Å²) in [6.45, 7) is 9.16. The lowest BCUT2D eigenvalue weighted by Gasteiger charge is -2.27. The SMILES string of the molecule is C=CCNC(=O)c1cnc(Nc2ccc(N(C)CCCCCOc3ccc4c(c3)C(=O)N(C3CCC(=O)NC3=O)C4=O)cc2)nc1Nc1ccc2c(n1)C(O)CC2.CC. The number of aliphatic hydroxyl groups excluding tert-OH is 1. The van der Waals surface area contributed by atoms with E-state index in [9.17, 15) is 29.1 Å². The average Bonchev–Trinajstić information content (AvgIpc) is 3.73. The van der Waals surface area contributed by atoms with Gasteiger partial charge in [0.1, 0.15) is 29.0 Å². The molecule has 4 aromatic rings. The number of piperidine rings is 1. The molecule has 2 atom stereocenters. The van der Waals surface area contributed by atoms with Gasteiger partial charge in [0.05, 0.1) is 29.5 Å². The van der Waals surface area contributed by atoms with E-state index in [4.69, 9.17) is 4.74 Å². The molecule has 0 radical (unpaired) electrons. The summed E-state index contributed by atoms with van der Waals surface area (Å²) in [5, 5.41) is 21.6. The smallest absolute Gasteiger partial charge is 0.262 e. The van der Waals surface area contributed by atoms with Crippen LogP contribution in [0.1, 0.15) is 101 Å². The second-order valence-corrected chi connectivity index (χ2v) is 14.0. The molecule has 2 aromatic carbocycles. The van der Waals surface area contributed by atoms with E-state index in [1.807, 2.05) is 51.2 Å². The molecular weight excluding hydrogens is 755 g/mol. The van der Waals surface area contributed by atoms with Crippen molar-refractivity contribution < 1.29 is 33.8 Å². The average molecular weight is 804 g/mol.